The second kappa shape index (κ2) is 5.17. The van der Waals surface area contributed by atoms with E-state index < -0.39 is 0 Å². The SMILES string of the molecule is O=C1[C@@H]2[C@H](C(=O)N1Cc1ccccc1)[C@@H]1C=C[C@@H]2C1=C1CCCC1. The summed E-state index contributed by atoms with van der Waals surface area (Å²) in [7, 11) is 0. The molecule has 2 amide bonds. The van der Waals surface area contributed by atoms with E-state index in [4.69, 9.17) is 0 Å². The summed E-state index contributed by atoms with van der Waals surface area (Å²) in [4.78, 5) is 27.5. The van der Waals surface area contributed by atoms with Gasteiger partial charge in [0.1, 0.15) is 0 Å². The Morgan fingerprint density at radius 3 is 2.04 bits per heavy atom. The first kappa shape index (κ1) is 14.2. The van der Waals surface area contributed by atoms with E-state index in [1.807, 2.05) is 30.3 Å². The Balaban J connectivity index is 1.47. The molecule has 1 heterocycles. The first-order valence-corrected chi connectivity index (χ1v) is 9.05. The Morgan fingerprint density at radius 2 is 1.46 bits per heavy atom. The summed E-state index contributed by atoms with van der Waals surface area (Å²) in [5, 5.41) is 0. The zero-order valence-corrected chi connectivity index (χ0v) is 13.7. The summed E-state index contributed by atoms with van der Waals surface area (Å²) in [6.45, 7) is 0.414. The molecule has 3 heteroatoms. The number of fused-ring (bicyclic) bond motifs is 5. The highest BCUT2D eigenvalue weighted by molar-refractivity contribution is 6.07. The number of likely N-dealkylation sites (tertiary alicyclic amines) is 1. The summed E-state index contributed by atoms with van der Waals surface area (Å²) in [6.07, 6.45) is 9.25. The smallest absolute Gasteiger partial charge is 0.234 e. The van der Waals surface area contributed by atoms with Crippen LogP contribution in [0.15, 0.2) is 53.6 Å². The zero-order valence-electron chi connectivity index (χ0n) is 13.7. The molecule has 0 radical (unpaired) electrons. The van der Waals surface area contributed by atoms with Crippen molar-refractivity contribution < 1.29 is 9.59 Å². The van der Waals surface area contributed by atoms with E-state index in [1.165, 1.54) is 36.2 Å². The monoisotopic (exact) mass is 319 g/mol. The lowest BCUT2D eigenvalue weighted by Crippen LogP contribution is -2.32. The van der Waals surface area contributed by atoms with Crippen LogP contribution in [-0.2, 0) is 16.1 Å². The molecular weight excluding hydrogens is 298 g/mol. The molecule has 3 fully saturated rings. The van der Waals surface area contributed by atoms with Crippen molar-refractivity contribution in [2.75, 3.05) is 0 Å². The van der Waals surface area contributed by atoms with Gasteiger partial charge in [0.15, 0.2) is 0 Å². The van der Waals surface area contributed by atoms with E-state index in [0.29, 0.717) is 6.54 Å². The molecule has 0 spiro atoms. The van der Waals surface area contributed by atoms with Crippen molar-refractivity contribution in [2.45, 2.75) is 32.2 Å². The predicted molar refractivity (Wildman–Crippen MR) is 90.6 cm³/mol. The van der Waals surface area contributed by atoms with Crippen molar-refractivity contribution >= 4 is 11.8 Å². The van der Waals surface area contributed by atoms with Gasteiger partial charge in [0.2, 0.25) is 11.8 Å². The molecule has 2 saturated carbocycles. The van der Waals surface area contributed by atoms with Crippen LogP contribution in [0.2, 0.25) is 0 Å². The molecule has 3 nitrogen and oxygen atoms in total. The standard InChI is InChI=1S/C21H21NO2/c23-20-18-15-10-11-16(17(15)14-8-4-5-9-14)19(18)21(24)22(20)12-13-6-2-1-3-7-13/h1-3,6-7,10-11,15-16,18-19H,4-5,8-9,12H2/t15-,16-,18-,19+/m1/s1. The fourth-order valence-corrected chi connectivity index (χ4v) is 5.31. The highest BCUT2D eigenvalue weighted by atomic mass is 16.2. The van der Waals surface area contributed by atoms with Gasteiger partial charge in [-0.05, 0) is 31.2 Å². The third kappa shape index (κ3) is 1.84. The van der Waals surface area contributed by atoms with Crippen LogP contribution in [0.1, 0.15) is 31.2 Å². The predicted octanol–water partition coefficient (Wildman–Crippen LogP) is 3.47. The van der Waals surface area contributed by atoms with Gasteiger partial charge in [-0.15, -0.1) is 0 Å². The van der Waals surface area contributed by atoms with Gasteiger partial charge < -0.3 is 0 Å². The molecule has 0 N–H and O–H groups in total. The molecule has 2 bridgehead atoms. The maximum absolute atomic E-state index is 13.0. The molecule has 0 unspecified atom stereocenters. The highest BCUT2D eigenvalue weighted by Gasteiger charge is 2.61. The van der Waals surface area contributed by atoms with Gasteiger partial charge in [0.05, 0.1) is 18.4 Å². The van der Waals surface area contributed by atoms with Crippen molar-refractivity contribution in [3.05, 3.63) is 59.2 Å². The van der Waals surface area contributed by atoms with Gasteiger partial charge in [-0.1, -0.05) is 53.6 Å². The van der Waals surface area contributed by atoms with Gasteiger partial charge in [-0.2, -0.15) is 0 Å². The van der Waals surface area contributed by atoms with Crippen LogP contribution in [0.4, 0.5) is 0 Å². The largest absolute Gasteiger partial charge is 0.278 e. The van der Waals surface area contributed by atoms with Crippen molar-refractivity contribution in [3.8, 4) is 0 Å². The summed E-state index contributed by atoms with van der Waals surface area (Å²) in [5.74, 6) is 0.179. The number of benzene rings is 1. The zero-order chi connectivity index (χ0) is 16.3. The lowest BCUT2D eigenvalue weighted by Gasteiger charge is -2.19. The third-order valence-corrected chi connectivity index (χ3v) is 6.31. The third-order valence-electron chi connectivity index (χ3n) is 6.31. The minimum atomic E-state index is -0.140. The van der Waals surface area contributed by atoms with Crippen LogP contribution >= 0.6 is 0 Å². The molecule has 4 aliphatic rings. The van der Waals surface area contributed by atoms with Gasteiger partial charge in [0, 0.05) is 11.8 Å². The van der Waals surface area contributed by atoms with E-state index in [1.54, 1.807) is 5.57 Å². The van der Waals surface area contributed by atoms with Crippen LogP contribution < -0.4 is 0 Å². The molecule has 0 aromatic heterocycles. The van der Waals surface area contributed by atoms with Gasteiger partial charge >= 0.3 is 0 Å². The molecule has 24 heavy (non-hydrogen) atoms. The van der Waals surface area contributed by atoms with E-state index in [-0.39, 0.29) is 35.5 Å². The fourth-order valence-electron chi connectivity index (χ4n) is 5.31. The van der Waals surface area contributed by atoms with Gasteiger partial charge in [0.25, 0.3) is 0 Å². The fraction of sp³-hybridized carbons (Fsp3) is 0.429. The molecule has 4 atom stereocenters. The molecule has 1 aromatic rings. The Bertz CT molecular complexity index is 734. The summed E-state index contributed by atoms with van der Waals surface area (Å²) in [6, 6.07) is 9.82. The number of rotatable bonds is 2. The molecule has 1 aliphatic heterocycles. The number of carbonyl (C=O) groups is 2. The first-order valence-electron chi connectivity index (χ1n) is 9.05. The van der Waals surface area contributed by atoms with Crippen molar-refractivity contribution in [1.82, 2.24) is 4.90 Å². The van der Waals surface area contributed by atoms with E-state index in [0.717, 1.165) is 5.56 Å². The molecule has 3 aliphatic carbocycles. The average molecular weight is 319 g/mol. The summed E-state index contributed by atoms with van der Waals surface area (Å²) < 4.78 is 0. The Labute approximate surface area is 142 Å². The second-order valence-electron chi connectivity index (χ2n) is 7.50. The Kier molecular flexibility index (Phi) is 3.06. The first-order chi connectivity index (χ1) is 11.8. The van der Waals surface area contributed by atoms with E-state index >= 15 is 0 Å². The number of nitrogens with zero attached hydrogens (tertiary/aromatic N) is 1. The lowest BCUT2D eigenvalue weighted by molar-refractivity contribution is -0.141. The molecule has 1 aromatic carbocycles. The Hall–Kier alpha value is -2.16. The van der Waals surface area contributed by atoms with Gasteiger partial charge in [-0.25, -0.2) is 0 Å². The van der Waals surface area contributed by atoms with E-state index in [9.17, 15) is 9.59 Å². The molecule has 1 saturated heterocycles. The second-order valence-corrected chi connectivity index (χ2v) is 7.50. The number of hydrogen-bond acceptors (Lipinski definition) is 2. The molecule has 122 valence electrons. The van der Waals surface area contributed by atoms with E-state index in [2.05, 4.69) is 12.2 Å². The summed E-state index contributed by atoms with van der Waals surface area (Å²) in [5.41, 5.74) is 4.00. The quantitative estimate of drug-likeness (QED) is 0.618. The number of imide groups is 1. The number of allylic oxidation sites excluding steroid dienone is 4. The van der Waals surface area contributed by atoms with Crippen LogP contribution in [0.25, 0.3) is 0 Å². The number of amides is 2. The van der Waals surface area contributed by atoms with Crippen molar-refractivity contribution in [1.29, 1.82) is 0 Å². The van der Waals surface area contributed by atoms with Crippen LogP contribution in [0.5, 0.6) is 0 Å². The topological polar surface area (TPSA) is 37.4 Å². The van der Waals surface area contributed by atoms with Crippen molar-refractivity contribution in [3.63, 3.8) is 0 Å². The van der Waals surface area contributed by atoms with Crippen molar-refractivity contribution in [2.24, 2.45) is 23.7 Å². The molecule has 5 rings (SSSR count). The van der Waals surface area contributed by atoms with Crippen LogP contribution in [0.3, 0.4) is 0 Å². The highest BCUT2D eigenvalue weighted by Crippen LogP contribution is 2.58. The van der Waals surface area contributed by atoms with Gasteiger partial charge in [-0.3, -0.25) is 14.5 Å². The van der Waals surface area contributed by atoms with Crippen LogP contribution in [-0.4, -0.2) is 16.7 Å². The maximum atomic E-state index is 13.0. The number of carbonyl (C=O) groups excluding carboxylic acids is 2. The Morgan fingerprint density at radius 1 is 0.875 bits per heavy atom. The average Bonchev–Trinajstić information content (AvgIpc) is 3.35. The lowest BCUT2D eigenvalue weighted by atomic mass is 9.85. The number of hydrogen-bond donors (Lipinski definition) is 0. The minimum Gasteiger partial charge on any atom is -0.278 e. The molecular formula is C21H21NO2. The normalized spacial score (nSPS) is 33.9. The van der Waals surface area contributed by atoms with Crippen LogP contribution in [0, 0.1) is 23.7 Å². The maximum Gasteiger partial charge on any atom is 0.234 e. The minimum absolute atomic E-state index is 0.0433. The summed E-state index contributed by atoms with van der Waals surface area (Å²) >= 11 is 0.